The van der Waals surface area contributed by atoms with E-state index < -0.39 is 0 Å². The minimum absolute atomic E-state index is 0.0560. The molecule has 0 bridgehead atoms. The van der Waals surface area contributed by atoms with Crippen LogP contribution >= 0.6 is 11.8 Å². The lowest BCUT2D eigenvalue weighted by molar-refractivity contribution is -0.128. The van der Waals surface area contributed by atoms with Gasteiger partial charge in [0.1, 0.15) is 5.82 Å². The lowest BCUT2D eigenvalue weighted by Crippen LogP contribution is -2.34. The molecular formula is C20H23N5OS. The van der Waals surface area contributed by atoms with Crippen molar-refractivity contribution in [3.63, 3.8) is 0 Å². The van der Waals surface area contributed by atoms with Gasteiger partial charge < -0.3 is 10.7 Å². The number of benzene rings is 2. The standard InChI is InChI=1S/C20H23N5OS/c1-16-22-23-20(25(16)21)27-15-19(26)24(14-18-10-6-3-7-11-18)13-12-17-8-4-2-5-9-17/h2-11H,12-15,21H2,1H3. The number of hydrogen-bond acceptors (Lipinski definition) is 5. The van der Waals surface area contributed by atoms with E-state index in [-0.39, 0.29) is 11.7 Å². The Labute approximate surface area is 163 Å². The van der Waals surface area contributed by atoms with E-state index in [0.717, 1.165) is 12.0 Å². The number of nitrogen functional groups attached to an aromatic ring is 1. The molecule has 0 fully saturated rings. The number of thioether (sulfide) groups is 1. The molecular weight excluding hydrogens is 358 g/mol. The number of aryl methyl sites for hydroxylation is 1. The summed E-state index contributed by atoms with van der Waals surface area (Å²) in [4.78, 5) is 14.8. The van der Waals surface area contributed by atoms with Crippen LogP contribution in [-0.4, -0.2) is 38.0 Å². The molecule has 0 atom stereocenters. The number of carbonyl (C=O) groups is 1. The van der Waals surface area contributed by atoms with Crippen molar-refractivity contribution >= 4 is 17.7 Å². The van der Waals surface area contributed by atoms with Gasteiger partial charge in [-0.1, -0.05) is 72.4 Å². The van der Waals surface area contributed by atoms with E-state index in [1.807, 2.05) is 53.4 Å². The molecule has 2 aromatic carbocycles. The van der Waals surface area contributed by atoms with Crippen LogP contribution in [0.3, 0.4) is 0 Å². The Bertz CT molecular complexity index is 867. The summed E-state index contributed by atoms with van der Waals surface area (Å²) >= 11 is 1.31. The van der Waals surface area contributed by atoms with Gasteiger partial charge in [-0.15, -0.1) is 10.2 Å². The Morgan fingerprint density at radius 3 is 2.26 bits per heavy atom. The Morgan fingerprint density at radius 2 is 1.67 bits per heavy atom. The average molecular weight is 382 g/mol. The minimum atomic E-state index is 0.0560. The molecule has 140 valence electrons. The number of carbonyl (C=O) groups excluding carboxylic acids is 1. The van der Waals surface area contributed by atoms with E-state index in [4.69, 9.17) is 5.84 Å². The molecule has 0 saturated heterocycles. The second kappa shape index (κ2) is 9.23. The summed E-state index contributed by atoms with van der Waals surface area (Å²) in [7, 11) is 0. The van der Waals surface area contributed by atoms with Gasteiger partial charge in [-0.3, -0.25) is 4.79 Å². The SMILES string of the molecule is Cc1nnc(SCC(=O)N(CCc2ccccc2)Cc2ccccc2)n1N. The monoisotopic (exact) mass is 381 g/mol. The summed E-state index contributed by atoms with van der Waals surface area (Å²) in [6.07, 6.45) is 0.816. The molecule has 1 amide bonds. The largest absolute Gasteiger partial charge is 0.337 e. The van der Waals surface area contributed by atoms with Crippen LogP contribution in [0.25, 0.3) is 0 Å². The zero-order valence-corrected chi connectivity index (χ0v) is 16.1. The van der Waals surface area contributed by atoms with Crippen LogP contribution in [0.1, 0.15) is 17.0 Å². The fourth-order valence-corrected chi connectivity index (χ4v) is 3.48. The Hall–Kier alpha value is -2.80. The highest BCUT2D eigenvalue weighted by molar-refractivity contribution is 7.99. The lowest BCUT2D eigenvalue weighted by atomic mass is 10.1. The van der Waals surface area contributed by atoms with Crippen LogP contribution in [0.4, 0.5) is 0 Å². The quantitative estimate of drug-likeness (QED) is 0.479. The van der Waals surface area contributed by atoms with Crippen LogP contribution in [-0.2, 0) is 17.8 Å². The van der Waals surface area contributed by atoms with Crippen molar-refractivity contribution in [2.75, 3.05) is 18.1 Å². The second-order valence-corrected chi connectivity index (χ2v) is 7.17. The maximum absolute atomic E-state index is 12.9. The first-order valence-corrected chi connectivity index (χ1v) is 9.77. The van der Waals surface area contributed by atoms with Crippen molar-refractivity contribution in [1.82, 2.24) is 19.8 Å². The number of aromatic nitrogens is 3. The molecule has 0 unspecified atom stereocenters. The maximum Gasteiger partial charge on any atom is 0.233 e. The molecule has 7 heteroatoms. The van der Waals surface area contributed by atoms with Crippen LogP contribution < -0.4 is 5.84 Å². The summed E-state index contributed by atoms with van der Waals surface area (Å²) in [6.45, 7) is 3.02. The highest BCUT2D eigenvalue weighted by Crippen LogP contribution is 2.16. The molecule has 0 aliphatic rings. The third-order valence-corrected chi connectivity index (χ3v) is 5.17. The zero-order valence-electron chi connectivity index (χ0n) is 15.3. The first kappa shape index (κ1) is 19.0. The summed E-state index contributed by atoms with van der Waals surface area (Å²) in [6, 6.07) is 20.2. The molecule has 0 aliphatic carbocycles. The average Bonchev–Trinajstić information content (AvgIpc) is 3.03. The molecule has 0 saturated carbocycles. The molecule has 3 aromatic rings. The zero-order chi connectivity index (χ0) is 19.1. The third-order valence-electron chi connectivity index (χ3n) is 4.24. The molecule has 1 aromatic heterocycles. The number of rotatable bonds is 8. The number of nitrogens with zero attached hydrogens (tertiary/aromatic N) is 4. The molecule has 0 aliphatic heterocycles. The van der Waals surface area contributed by atoms with Crippen LogP contribution in [0, 0.1) is 6.92 Å². The van der Waals surface area contributed by atoms with E-state index in [1.165, 1.54) is 22.0 Å². The van der Waals surface area contributed by atoms with E-state index >= 15 is 0 Å². The van der Waals surface area contributed by atoms with Gasteiger partial charge in [0, 0.05) is 13.1 Å². The maximum atomic E-state index is 12.9. The summed E-state index contributed by atoms with van der Waals surface area (Å²) in [5.41, 5.74) is 2.33. The van der Waals surface area contributed by atoms with Gasteiger partial charge in [0.05, 0.1) is 5.75 Å². The molecule has 2 N–H and O–H groups in total. The summed E-state index contributed by atoms with van der Waals surface area (Å²) < 4.78 is 1.41. The van der Waals surface area contributed by atoms with Gasteiger partial charge in [0.25, 0.3) is 0 Å². The van der Waals surface area contributed by atoms with E-state index in [1.54, 1.807) is 6.92 Å². The van der Waals surface area contributed by atoms with Crippen LogP contribution in [0.15, 0.2) is 65.8 Å². The van der Waals surface area contributed by atoms with E-state index in [0.29, 0.717) is 24.1 Å². The second-order valence-electron chi connectivity index (χ2n) is 6.22. The van der Waals surface area contributed by atoms with Crippen molar-refractivity contribution in [3.05, 3.63) is 77.6 Å². The van der Waals surface area contributed by atoms with Gasteiger partial charge in [0.15, 0.2) is 0 Å². The Morgan fingerprint density at radius 1 is 1.04 bits per heavy atom. The third kappa shape index (κ3) is 5.34. The van der Waals surface area contributed by atoms with E-state index in [9.17, 15) is 4.79 Å². The molecule has 27 heavy (non-hydrogen) atoms. The Balaban J connectivity index is 1.65. The minimum Gasteiger partial charge on any atom is -0.337 e. The summed E-state index contributed by atoms with van der Waals surface area (Å²) in [5, 5.41) is 8.47. The van der Waals surface area contributed by atoms with Gasteiger partial charge in [-0.2, -0.15) is 0 Å². The fourth-order valence-electron chi connectivity index (χ4n) is 2.67. The predicted octanol–water partition coefficient (Wildman–Crippen LogP) is 2.66. The van der Waals surface area contributed by atoms with Crippen LogP contribution in [0.5, 0.6) is 0 Å². The summed E-state index contributed by atoms with van der Waals surface area (Å²) in [5.74, 6) is 6.82. The van der Waals surface area contributed by atoms with Crippen molar-refractivity contribution in [2.24, 2.45) is 0 Å². The Kier molecular flexibility index (Phi) is 6.49. The van der Waals surface area contributed by atoms with Crippen molar-refractivity contribution in [3.8, 4) is 0 Å². The normalized spacial score (nSPS) is 10.7. The molecule has 0 spiro atoms. The predicted molar refractivity (Wildman–Crippen MR) is 108 cm³/mol. The van der Waals surface area contributed by atoms with Crippen molar-refractivity contribution in [1.29, 1.82) is 0 Å². The van der Waals surface area contributed by atoms with Gasteiger partial charge in [-0.05, 0) is 24.5 Å². The number of amides is 1. The van der Waals surface area contributed by atoms with Crippen molar-refractivity contribution < 1.29 is 4.79 Å². The highest BCUT2D eigenvalue weighted by Gasteiger charge is 2.16. The number of nitrogens with two attached hydrogens (primary N) is 1. The first-order valence-electron chi connectivity index (χ1n) is 8.79. The van der Waals surface area contributed by atoms with E-state index in [2.05, 4.69) is 22.3 Å². The van der Waals surface area contributed by atoms with Gasteiger partial charge >= 0.3 is 0 Å². The fraction of sp³-hybridized carbons (Fsp3) is 0.250. The smallest absolute Gasteiger partial charge is 0.233 e. The topological polar surface area (TPSA) is 77.0 Å². The molecule has 1 heterocycles. The lowest BCUT2D eigenvalue weighted by Gasteiger charge is -2.23. The molecule has 3 rings (SSSR count). The highest BCUT2D eigenvalue weighted by atomic mass is 32.2. The molecule has 6 nitrogen and oxygen atoms in total. The van der Waals surface area contributed by atoms with Gasteiger partial charge in [-0.25, -0.2) is 4.68 Å². The van der Waals surface area contributed by atoms with Crippen LogP contribution in [0.2, 0.25) is 0 Å². The van der Waals surface area contributed by atoms with Gasteiger partial charge in [0.2, 0.25) is 11.1 Å². The molecule has 0 radical (unpaired) electrons. The van der Waals surface area contributed by atoms with Crippen molar-refractivity contribution in [2.45, 2.75) is 25.0 Å². The number of hydrogen-bond donors (Lipinski definition) is 1. The first-order chi connectivity index (χ1) is 13.1.